The molecule has 0 unspecified atom stereocenters. The van der Waals surface area contributed by atoms with Gasteiger partial charge in [-0.25, -0.2) is 4.79 Å². The standard InChI is InChI=1S/C13H16N2O5/c1-3-13(4-2,12(17)18)14-11(16)9-6-5-7-10(8-9)15(19)20/h5-8H,3-4H2,1-2H3,(H,14,16)(H,17,18). The number of benzene rings is 1. The Morgan fingerprint density at radius 3 is 2.40 bits per heavy atom. The van der Waals surface area contributed by atoms with Gasteiger partial charge in [0.2, 0.25) is 0 Å². The van der Waals surface area contributed by atoms with Crippen molar-refractivity contribution in [1.29, 1.82) is 0 Å². The summed E-state index contributed by atoms with van der Waals surface area (Å²) in [7, 11) is 0. The summed E-state index contributed by atoms with van der Waals surface area (Å²) in [6, 6.07) is 5.17. The van der Waals surface area contributed by atoms with Gasteiger partial charge in [0.1, 0.15) is 5.54 Å². The average Bonchev–Trinajstić information content (AvgIpc) is 2.44. The molecule has 0 atom stereocenters. The molecule has 0 aliphatic carbocycles. The van der Waals surface area contributed by atoms with E-state index in [0.29, 0.717) is 0 Å². The molecule has 108 valence electrons. The van der Waals surface area contributed by atoms with Crippen LogP contribution in [-0.2, 0) is 4.79 Å². The van der Waals surface area contributed by atoms with E-state index in [1.54, 1.807) is 13.8 Å². The molecular weight excluding hydrogens is 264 g/mol. The van der Waals surface area contributed by atoms with Gasteiger partial charge in [-0.1, -0.05) is 19.9 Å². The molecule has 1 rings (SSSR count). The fourth-order valence-electron chi connectivity index (χ4n) is 1.83. The number of hydrogen-bond acceptors (Lipinski definition) is 4. The highest BCUT2D eigenvalue weighted by molar-refractivity contribution is 5.98. The predicted octanol–water partition coefficient (Wildman–Crippen LogP) is 1.97. The van der Waals surface area contributed by atoms with Crippen LogP contribution in [0.15, 0.2) is 24.3 Å². The number of carboxylic acids is 1. The van der Waals surface area contributed by atoms with Crippen molar-refractivity contribution in [1.82, 2.24) is 5.32 Å². The van der Waals surface area contributed by atoms with Gasteiger partial charge in [0, 0.05) is 17.7 Å². The summed E-state index contributed by atoms with van der Waals surface area (Å²) >= 11 is 0. The molecule has 7 nitrogen and oxygen atoms in total. The number of non-ortho nitro benzene ring substituents is 1. The van der Waals surface area contributed by atoms with Gasteiger partial charge in [-0.2, -0.15) is 0 Å². The summed E-state index contributed by atoms with van der Waals surface area (Å²) < 4.78 is 0. The normalized spacial score (nSPS) is 10.9. The second-order valence-electron chi connectivity index (χ2n) is 4.36. The number of hydrogen-bond donors (Lipinski definition) is 2. The Kier molecular flexibility index (Phi) is 4.79. The third-order valence-electron chi connectivity index (χ3n) is 3.29. The minimum Gasteiger partial charge on any atom is -0.480 e. The van der Waals surface area contributed by atoms with Crippen molar-refractivity contribution in [3.05, 3.63) is 39.9 Å². The molecule has 0 heterocycles. The molecule has 0 aromatic heterocycles. The van der Waals surface area contributed by atoms with Gasteiger partial charge in [0.25, 0.3) is 11.6 Å². The van der Waals surface area contributed by atoms with Gasteiger partial charge in [-0.05, 0) is 18.9 Å². The first-order valence-electron chi connectivity index (χ1n) is 6.16. The van der Waals surface area contributed by atoms with E-state index in [9.17, 15) is 24.8 Å². The Balaban J connectivity index is 3.04. The van der Waals surface area contributed by atoms with Crippen molar-refractivity contribution in [2.45, 2.75) is 32.2 Å². The van der Waals surface area contributed by atoms with Crippen LogP contribution in [0.4, 0.5) is 5.69 Å². The lowest BCUT2D eigenvalue weighted by atomic mass is 9.92. The number of nitro groups is 1. The quantitative estimate of drug-likeness (QED) is 0.611. The number of nitro benzene ring substituents is 1. The summed E-state index contributed by atoms with van der Waals surface area (Å²) in [5, 5.41) is 22.4. The molecule has 0 aliphatic rings. The van der Waals surface area contributed by atoms with Crippen LogP contribution >= 0.6 is 0 Å². The highest BCUT2D eigenvalue weighted by atomic mass is 16.6. The van der Waals surface area contributed by atoms with Crippen molar-refractivity contribution in [2.75, 3.05) is 0 Å². The van der Waals surface area contributed by atoms with Crippen molar-refractivity contribution in [3.8, 4) is 0 Å². The highest BCUT2D eigenvalue weighted by Gasteiger charge is 2.36. The maximum Gasteiger partial charge on any atom is 0.329 e. The topological polar surface area (TPSA) is 110 Å². The number of amides is 1. The van der Waals surface area contributed by atoms with Crippen LogP contribution in [0.3, 0.4) is 0 Å². The smallest absolute Gasteiger partial charge is 0.329 e. The maximum absolute atomic E-state index is 12.1. The molecule has 1 aromatic rings. The Labute approximate surface area is 115 Å². The first-order valence-corrected chi connectivity index (χ1v) is 6.16. The Morgan fingerprint density at radius 1 is 1.35 bits per heavy atom. The van der Waals surface area contributed by atoms with Crippen molar-refractivity contribution in [2.24, 2.45) is 0 Å². The lowest BCUT2D eigenvalue weighted by Crippen LogP contribution is -2.53. The second kappa shape index (κ2) is 6.14. The number of nitrogens with zero attached hydrogens (tertiary/aromatic N) is 1. The van der Waals surface area contributed by atoms with E-state index in [4.69, 9.17) is 0 Å². The van der Waals surface area contributed by atoms with Crippen LogP contribution < -0.4 is 5.32 Å². The molecule has 1 aromatic carbocycles. The second-order valence-corrected chi connectivity index (χ2v) is 4.36. The molecule has 0 fully saturated rings. The van der Waals surface area contributed by atoms with E-state index in [1.807, 2.05) is 0 Å². The Morgan fingerprint density at radius 2 is 1.95 bits per heavy atom. The van der Waals surface area contributed by atoms with Crippen LogP contribution in [-0.4, -0.2) is 27.4 Å². The maximum atomic E-state index is 12.1. The summed E-state index contributed by atoms with van der Waals surface area (Å²) in [6.45, 7) is 3.32. The highest BCUT2D eigenvalue weighted by Crippen LogP contribution is 2.18. The largest absolute Gasteiger partial charge is 0.480 e. The van der Waals surface area contributed by atoms with E-state index in [1.165, 1.54) is 18.2 Å². The number of nitrogens with one attached hydrogen (secondary N) is 1. The molecule has 0 saturated carbocycles. The summed E-state index contributed by atoms with van der Waals surface area (Å²) in [5.74, 6) is -1.76. The molecule has 2 N–H and O–H groups in total. The van der Waals surface area contributed by atoms with Crippen LogP contribution in [0, 0.1) is 10.1 Å². The lowest BCUT2D eigenvalue weighted by Gasteiger charge is -2.28. The van der Waals surface area contributed by atoms with E-state index in [-0.39, 0.29) is 24.1 Å². The molecule has 0 saturated heterocycles. The van der Waals surface area contributed by atoms with Crippen molar-refractivity contribution < 1.29 is 19.6 Å². The summed E-state index contributed by atoms with van der Waals surface area (Å²) in [4.78, 5) is 33.4. The van der Waals surface area contributed by atoms with Gasteiger partial charge in [0.05, 0.1) is 4.92 Å². The molecule has 20 heavy (non-hydrogen) atoms. The zero-order chi connectivity index (χ0) is 15.3. The number of rotatable bonds is 6. The van der Waals surface area contributed by atoms with E-state index in [0.717, 1.165) is 6.07 Å². The minimum atomic E-state index is -1.36. The molecular formula is C13H16N2O5. The predicted molar refractivity (Wildman–Crippen MR) is 71.5 cm³/mol. The van der Waals surface area contributed by atoms with Crippen molar-refractivity contribution in [3.63, 3.8) is 0 Å². The fraction of sp³-hybridized carbons (Fsp3) is 0.385. The number of carbonyl (C=O) groups is 2. The zero-order valence-electron chi connectivity index (χ0n) is 11.3. The number of carbonyl (C=O) groups excluding carboxylic acids is 1. The van der Waals surface area contributed by atoms with Crippen LogP contribution in [0.2, 0.25) is 0 Å². The van der Waals surface area contributed by atoms with Gasteiger partial charge >= 0.3 is 5.97 Å². The summed E-state index contributed by atoms with van der Waals surface area (Å²) in [6.07, 6.45) is 0.443. The summed E-state index contributed by atoms with van der Waals surface area (Å²) in [5.41, 5.74) is -1.51. The van der Waals surface area contributed by atoms with E-state index < -0.39 is 22.3 Å². The van der Waals surface area contributed by atoms with Gasteiger partial charge in [-0.15, -0.1) is 0 Å². The SMILES string of the molecule is CCC(CC)(NC(=O)c1cccc([N+](=O)[O-])c1)C(=O)O. The zero-order valence-corrected chi connectivity index (χ0v) is 11.3. The number of aliphatic carboxylic acids is 1. The van der Waals surface area contributed by atoms with Gasteiger partial charge < -0.3 is 10.4 Å². The first kappa shape index (κ1) is 15.6. The number of carboxylic acid groups (broad SMARTS) is 1. The lowest BCUT2D eigenvalue weighted by molar-refractivity contribution is -0.384. The third kappa shape index (κ3) is 3.11. The molecule has 0 spiro atoms. The fourth-order valence-corrected chi connectivity index (χ4v) is 1.83. The minimum absolute atomic E-state index is 0.0618. The van der Waals surface area contributed by atoms with E-state index in [2.05, 4.69) is 5.32 Å². The van der Waals surface area contributed by atoms with Gasteiger partial charge in [-0.3, -0.25) is 14.9 Å². The Bertz CT molecular complexity index is 537. The van der Waals surface area contributed by atoms with Crippen LogP contribution in [0.1, 0.15) is 37.0 Å². The molecule has 0 bridgehead atoms. The third-order valence-corrected chi connectivity index (χ3v) is 3.29. The average molecular weight is 280 g/mol. The Hall–Kier alpha value is -2.44. The molecule has 0 aliphatic heterocycles. The molecule has 1 amide bonds. The first-order chi connectivity index (χ1) is 9.36. The molecule has 0 radical (unpaired) electrons. The molecule has 7 heteroatoms. The van der Waals surface area contributed by atoms with Crippen LogP contribution in [0.25, 0.3) is 0 Å². The van der Waals surface area contributed by atoms with Crippen LogP contribution in [0.5, 0.6) is 0 Å². The van der Waals surface area contributed by atoms with E-state index >= 15 is 0 Å². The monoisotopic (exact) mass is 280 g/mol. The van der Waals surface area contributed by atoms with Gasteiger partial charge in [0.15, 0.2) is 0 Å². The van der Waals surface area contributed by atoms with Crippen molar-refractivity contribution >= 4 is 17.6 Å².